The van der Waals surface area contributed by atoms with Gasteiger partial charge in [-0.15, -0.1) is 0 Å². The fraction of sp³-hybridized carbons (Fsp3) is 0.840. The molecule has 2 atom stereocenters. The van der Waals surface area contributed by atoms with Crippen molar-refractivity contribution < 1.29 is 9.28 Å². The van der Waals surface area contributed by atoms with Gasteiger partial charge >= 0.3 is 0 Å². The first-order valence-electron chi connectivity index (χ1n) is 12.4. The predicted molar refractivity (Wildman–Crippen MR) is 126 cm³/mol. The predicted octanol–water partition coefficient (Wildman–Crippen LogP) is 6.02. The normalized spacial score (nSPS) is 21.3. The van der Waals surface area contributed by atoms with Gasteiger partial charge in [-0.3, -0.25) is 9.28 Å². The van der Waals surface area contributed by atoms with E-state index in [1.807, 2.05) is 0 Å². The van der Waals surface area contributed by atoms with Crippen LogP contribution in [0.25, 0.3) is 0 Å². The number of likely N-dealkylation sites (N-methyl/N-ethyl adjacent to an activating group) is 1. The van der Waals surface area contributed by atoms with Gasteiger partial charge < -0.3 is 5.32 Å². The number of amides is 1. The number of carbonyl (C=O) groups excluding carboxylic acids is 1. The van der Waals surface area contributed by atoms with Crippen molar-refractivity contribution in [2.75, 3.05) is 26.2 Å². The number of aliphatic imine (C=N–C) groups is 1. The van der Waals surface area contributed by atoms with Gasteiger partial charge in [0.1, 0.15) is 6.54 Å². The molecule has 0 aliphatic carbocycles. The molecule has 4 heteroatoms. The molecule has 168 valence electrons. The number of nitrogens with one attached hydrogen (secondary N) is 1. The summed E-state index contributed by atoms with van der Waals surface area (Å²) in [5, 5.41) is 2.96. The van der Waals surface area contributed by atoms with Crippen LogP contribution in [0.15, 0.2) is 17.1 Å². The molecule has 0 fully saturated rings. The number of unbranched alkanes of at least 4 members (excludes halogenated alkanes) is 10. The Hall–Kier alpha value is -1.16. The Morgan fingerprint density at radius 3 is 2.24 bits per heavy atom. The number of carbonyl (C=O) groups is 1. The molecule has 0 bridgehead atoms. The van der Waals surface area contributed by atoms with Crippen molar-refractivity contribution in [2.24, 2.45) is 4.99 Å². The lowest BCUT2D eigenvalue weighted by Crippen LogP contribution is -2.55. The lowest BCUT2D eigenvalue weighted by Gasteiger charge is -2.38. The molecule has 0 aromatic heterocycles. The summed E-state index contributed by atoms with van der Waals surface area (Å²) < 4.78 is 1.02. The van der Waals surface area contributed by atoms with Crippen LogP contribution in [0.1, 0.15) is 104 Å². The SMILES string of the molecule is CCCC/C=C/CCCCCCCCCCC1N=CC[N+]1(CC)CCNC(C)=O. The van der Waals surface area contributed by atoms with Crippen molar-refractivity contribution in [3.63, 3.8) is 0 Å². The monoisotopic (exact) mass is 406 g/mol. The highest BCUT2D eigenvalue weighted by Crippen LogP contribution is 2.24. The summed E-state index contributed by atoms with van der Waals surface area (Å²) in [7, 11) is 0. The van der Waals surface area contributed by atoms with Crippen LogP contribution < -0.4 is 5.32 Å². The summed E-state index contributed by atoms with van der Waals surface area (Å²) in [6, 6.07) is 0. The molecule has 1 N–H and O–H groups in total. The molecule has 1 aliphatic heterocycles. The van der Waals surface area contributed by atoms with Gasteiger partial charge in [-0.25, -0.2) is 4.99 Å². The van der Waals surface area contributed by atoms with Crippen LogP contribution in [0.4, 0.5) is 0 Å². The van der Waals surface area contributed by atoms with Gasteiger partial charge in [-0.2, -0.15) is 0 Å². The zero-order valence-electron chi connectivity index (χ0n) is 19.6. The highest BCUT2D eigenvalue weighted by molar-refractivity contribution is 5.72. The van der Waals surface area contributed by atoms with E-state index in [-0.39, 0.29) is 5.91 Å². The van der Waals surface area contributed by atoms with E-state index in [2.05, 4.69) is 37.5 Å². The van der Waals surface area contributed by atoms with E-state index < -0.39 is 0 Å². The molecule has 1 heterocycles. The Kier molecular flexibility index (Phi) is 14.8. The fourth-order valence-electron chi connectivity index (χ4n) is 4.34. The number of nitrogens with zero attached hydrogens (tertiary/aromatic N) is 2. The molecule has 1 aliphatic rings. The van der Waals surface area contributed by atoms with Crippen molar-refractivity contribution >= 4 is 12.1 Å². The van der Waals surface area contributed by atoms with Gasteiger partial charge in [0.05, 0.1) is 25.8 Å². The van der Waals surface area contributed by atoms with Gasteiger partial charge in [-0.1, -0.05) is 70.4 Å². The van der Waals surface area contributed by atoms with Crippen molar-refractivity contribution in [1.29, 1.82) is 0 Å². The first-order valence-corrected chi connectivity index (χ1v) is 12.4. The van der Waals surface area contributed by atoms with Crippen molar-refractivity contribution in [1.82, 2.24) is 5.32 Å². The molecular weight excluding hydrogens is 358 g/mol. The third-order valence-electron chi connectivity index (χ3n) is 6.39. The van der Waals surface area contributed by atoms with Crippen molar-refractivity contribution in [3.05, 3.63) is 12.2 Å². The lowest BCUT2D eigenvalue weighted by atomic mass is 10.0. The summed E-state index contributed by atoms with van der Waals surface area (Å²) in [4.78, 5) is 15.9. The van der Waals surface area contributed by atoms with E-state index in [1.165, 1.54) is 83.5 Å². The van der Waals surface area contributed by atoms with Crippen LogP contribution in [0.5, 0.6) is 0 Å². The Morgan fingerprint density at radius 2 is 1.62 bits per heavy atom. The molecule has 0 spiro atoms. The molecule has 0 radical (unpaired) electrons. The largest absolute Gasteiger partial charge is 0.351 e. The average molecular weight is 407 g/mol. The first kappa shape index (κ1) is 25.9. The standard InChI is InChI=1S/C25H47N3O/c1-4-6-7-8-9-10-11-12-13-14-15-16-17-18-19-25-27-21-23-28(25,5-2)22-20-26-24(3)29/h8-9,21,25H,4-7,10-20,22-23H2,1-3H3/p+1/b9-8+. The van der Waals surface area contributed by atoms with Crippen LogP contribution in [0, 0.1) is 0 Å². The summed E-state index contributed by atoms with van der Waals surface area (Å²) >= 11 is 0. The number of hydrogen-bond acceptors (Lipinski definition) is 2. The maximum absolute atomic E-state index is 11.2. The van der Waals surface area contributed by atoms with Gasteiger partial charge in [0, 0.05) is 13.3 Å². The van der Waals surface area contributed by atoms with Crippen molar-refractivity contribution in [2.45, 2.75) is 110 Å². The lowest BCUT2D eigenvalue weighted by molar-refractivity contribution is -0.935. The maximum Gasteiger partial charge on any atom is 0.217 e. The van der Waals surface area contributed by atoms with Crippen LogP contribution in [-0.4, -0.2) is 48.9 Å². The van der Waals surface area contributed by atoms with Crippen LogP contribution in [0.2, 0.25) is 0 Å². The summed E-state index contributed by atoms with van der Waals surface area (Å²) in [5.41, 5.74) is 0. The second-order valence-corrected chi connectivity index (χ2v) is 8.76. The fourth-order valence-corrected chi connectivity index (χ4v) is 4.34. The van der Waals surface area contributed by atoms with E-state index in [4.69, 9.17) is 4.99 Å². The van der Waals surface area contributed by atoms with E-state index in [9.17, 15) is 4.79 Å². The molecule has 4 nitrogen and oxygen atoms in total. The van der Waals surface area contributed by atoms with E-state index in [1.54, 1.807) is 6.92 Å². The molecular formula is C25H48N3O+. The minimum atomic E-state index is 0.0688. The molecule has 0 saturated heterocycles. The van der Waals surface area contributed by atoms with Gasteiger partial charge in [0.2, 0.25) is 5.91 Å². The van der Waals surface area contributed by atoms with Gasteiger partial charge in [0.25, 0.3) is 0 Å². The van der Waals surface area contributed by atoms with E-state index in [0.717, 1.165) is 30.7 Å². The van der Waals surface area contributed by atoms with E-state index >= 15 is 0 Å². The molecule has 1 rings (SSSR count). The van der Waals surface area contributed by atoms with E-state index in [0.29, 0.717) is 6.17 Å². The van der Waals surface area contributed by atoms with Gasteiger partial charge in [-0.05, 0) is 32.6 Å². The number of quaternary nitrogens is 1. The average Bonchev–Trinajstić information content (AvgIpc) is 3.11. The molecule has 2 unspecified atom stereocenters. The number of allylic oxidation sites excluding steroid dienone is 2. The molecule has 0 aromatic carbocycles. The molecule has 0 saturated carbocycles. The highest BCUT2D eigenvalue weighted by atomic mass is 16.1. The van der Waals surface area contributed by atoms with Crippen molar-refractivity contribution in [3.8, 4) is 0 Å². The molecule has 1 amide bonds. The zero-order chi connectivity index (χ0) is 21.2. The number of hydrogen-bond donors (Lipinski definition) is 1. The highest BCUT2D eigenvalue weighted by Gasteiger charge is 2.37. The Bertz CT molecular complexity index is 475. The third kappa shape index (κ3) is 11.6. The van der Waals surface area contributed by atoms with Crippen LogP contribution in [0.3, 0.4) is 0 Å². The summed E-state index contributed by atoms with van der Waals surface area (Å²) in [6.45, 7) is 9.99. The Labute approximate surface area is 180 Å². The molecule has 0 aromatic rings. The third-order valence-corrected chi connectivity index (χ3v) is 6.39. The van der Waals surface area contributed by atoms with Gasteiger partial charge in [0.15, 0.2) is 6.17 Å². The summed E-state index contributed by atoms with van der Waals surface area (Å²) in [5.74, 6) is 0.0688. The minimum Gasteiger partial charge on any atom is -0.351 e. The van der Waals surface area contributed by atoms with Crippen LogP contribution >= 0.6 is 0 Å². The Morgan fingerprint density at radius 1 is 1.00 bits per heavy atom. The van der Waals surface area contributed by atoms with Crippen LogP contribution in [-0.2, 0) is 4.79 Å². The summed E-state index contributed by atoms with van der Waals surface area (Å²) in [6.07, 6.45) is 24.5. The quantitative estimate of drug-likeness (QED) is 0.169. The zero-order valence-corrected chi connectivity index (χ0v) is 19.6. The minimum absolute atomic E-state index is 0.0688. The second-order valence-electron chi connectivity index (χ2n) is 8.76. The Balaban J connectivity index is 2.02. The molecule has 29 heavy (non-hydrogen) atoms. The smallest absolute Gasteiger partial charge is 0.217 e. The first-order chi connectivity index (χ1) is 14.1. The second kappa shape index (κ2) is 16.6. The maximum atomic E-state index is 11.2. The topological polar surface area (TPSA) is 41.5 Å². The number of rotatable bonds is 18.